The lowest BCUT2D eigenvalue weighted by Crippen LogP contribution is -2.32. The van der Waals surface area contributed by atoms with Gasteiger partial charge >= 0.3 is 0 Å². The number of hydrogen-bond acceptors (Lipinski definition) is 3. The number of carbonyl (C=O) groups is 1. The smallest absolute Gasteiger partial charge is 0.271 e. The third-order valence-corrected chi connectivity index (χ3v) is 3.73. The summed E-state index contributed by atoms with van der Waals surface area (Å²) in [6.07, 6.45) is 6.74. The van der Waals surface area contributed by atoms with Gasteiger partial charge in [-0.1, -0.05) is 0 Å². The second kappa shape index (κ2) is 5.10. The molecular weight excluding hydrogens is 228 g/mol. The monoisotopic (exact) mass is 248 g/mol. The summed E-state index contributed by atoms with van der Waals surface area (Å²) in [4.78, 5) is 11.9. The van der Waals surface area contributed by atoms with Gasteiger partial charge in [-0.3, -0.25) is 9.48 Å². The standard InChI is InChI=1S/C13H20N4O/c18-13(15-8-10-3-4-10)12-5-7-17(16-12)11-2-1-6-14-9-11/h5,7,10-11,14H,1-4,6,8-9H2,(H,15,18). The van der Waals surface area contributed by atoms with Crippen molar-refractivity contribution in [3.63, 3.8) is 0 Å². The van der Waals surface area contributed by atoms with E-state index in [4.69, 9.17) is 0 Å². The van der Waals surface area contributed by atoms with Crippen molar-refractivity contribution in [3.05, 3.63) is 18.0 Å². The average Bonchev–Trinajstić information content (AvgIpc) is 3.11. The first-order valence-electron chi connectivity index (χ1n) is 6.87. The molecular formula is C13H20N4O. The molecule has 18 heavy (non-hydrogen) atoms. The van der Waals surface area contributed by atoms with Crippen LogP contribution in [-0.2, 0) is 0 Å². The Morgan fingerprint density at radius 3 is 3.11 bits per heavy atom. The number of rotatable bonds is 4. The number of nitrogens with zero attached hydrogens (tertiary/aromatic N) is 2. The highest BCUT2D eigenvalue weighted by atomic mass is 16.1. The number of nitrogens with one attached hydrogen (secondary N) is 2. The van der Waals surface area contributed by atoms with E-state index in [0.29, 0.717) is 17.7 Å². The molecule has 0 radical (unpaired) electrons. The Hall–Kier alpha value is -1.36. The average molecular weight is 248 g/mol. The van der Waals surface area contributed by atoms with Crippen LogP contribution in [-0.4, -0.2) is 35.3 Å². The van der Waals surface area contributed by atoms with Crippen LogP contribution in [0.25, 0.3) is 0 Å². The van der Waals surface area contributed by atoms with Crippen LogP contribution < -0.4 is 10.6 Å². The Morgan fingerprint density at radius 2 is 2.39 bits per heavy atom. The number of aromatic nitrogens is 2. The fraction of sp³-hybridized carbons (Fsp3) is 0.692. The van der Waals surface area contributed by atoms with E-state index in [2.05, 4.69) is 15.7 Å². The van der Waals surface area contributed by atoms with Crippen molar-refractivity contribution in [2.24, 2.45) is 5.92 Å². The van der Waals surface area contributed by atoms with Gasteiger partial charge in [-0.05, 0) is 44.2 Å². The second-order valence-corrected chi connectivity index (χ2v) is 5.33. The summed E-state index contributed by atoms with van der Waals surface area (Å²) in [5.41, 5.74) is 0.543. The van der Waals surface area contributed by atoms with E-state index >= 15 is 0 Å². The lowest BCUT2D eigenvalue weighted by atomic mass is 10.1. The van der Waals surface area contributed by atoms with Crippen LogP contribution in [0.3, 0.4) is 0 Å². The SMILES string of the molecule is O=C(NCC1CC1)c1ccn(C2CCCNC2)n1. The molecule has 3 rings (SSSR count). The third kappa shape index (κ3) is 2.72. The van der Waals surface area contributed by atoms with Gasteiger partial charge < -0.3 is 10.6 Å². The van der Waals surface area contributed by atoms with E-state index in [1.807, 2.05) is 16.9 Å². The number of amides is 1. The first-order chi connectivity index (χ1) is 8.83. The van der Waals surface area contributed by atoms with Gasteiger partial charge in [-0.25, -0.2) is 0 Å². The summed E-state index contributed by atoms with van der Waals surface area (Å²) in [7, 11) is 0. The zero-order valence-electron chi connectivity index (χ0n) is 10.6. The molecule has 2 heterocycles. The highest BCUT2D eigenvalue weighted by Gasteiger charge is 2.23. The Morgan fingerprint density at radius 1 is 1.50 bits per heavy atom. The van der Waals surface area contributed by atoms with Gasteiger partial charge in [0.05, 0.1) is 6.04 Å². The van der Waals surface area contributed by atoms with Gasteiger partial charge in [-0.2, -0.15) is 5.10 Å². The Kier molecular flexibility index (Phi) is 3.32. The molecule has 1 saturated carbocycles. The maximum absolute atomic E-state index is 11.9. The van der Waals surface area contributed by atoms with Crippen molar-refractivity contribution in [2.75, 3.05) is 19.6 Å². The molecule has 2 N–H and O–H groups in total. The molecule has 0 bridgehead atoms. The molecule has 1 atom stereocenters. The molecule has 1 saturated heterocycles. The topological polar surface area (TPSA) is 59.0 Å². The highest BCUT2D eigenvalue weighted by Crippen LogP contribution is 2.27. The first-order valence-corrected chi connectivity index (χ1v) is 6.87. The molecule has 1 amide bonds. The third-order valence-electron chi connectivity index (χ3n) is 3.73. The quantitative estimate of drug-likeness (QED) is 0.834. The maximum Gasteiger partial charge on any atom is 0.271 e. The van der Waals surface area contributed by atoms with Crippen LogP contribution in [0, 0.1) is 5.92 Å². The van der Waals surface area contributed by atoms with Crippen LogP contribution in [0.1, 0.15) is 42.2 Å². The zero-order chi connectivity index (χ0) is 12.4. The molecule has 5 nitrogen and oxygen atoms in total. The summed E-state index contributed by atoms with van der Waals surface area (Å²) in [6.45, 7) is 2.84. The second-order valence-electron chi connectivity index (χ2n) is 5.33. The molecule has 1 aromatic rings. The Balaban J connectivity index is 1.58. The van der Waals surface area contributed by atoms with Crippen LogP contribution in [0.2, 0.25) is 0 Å². The van der Waals surface area contributed by atoms with Gasteiger partial charge in [0.25, 0.3) is 5.91 Å². The Bertz CT molecular complexity index is 418. The van der Waals surface area contributed by atoms with Crippen LogP contribution in [0.15, 0.2) is 12.3 Å². The van der Waals surface area contributed by atoms with E-state index < -0.39 is 0 Å². The molecule has 2 aliphatic rings. The largest absolute Gasteiger partial charge is 0.350 e. The summed E-state index contributed by atoms with van der Waals surface area (Å²) in [6, 6.07) is 2.21. The minimum absolute atomic E-state index is 0.0376. The Labute approximate surface area is 107 Å². The summed E-state index contributed by atoms with van der Waals surface area (Å²) >= 11 is 0. The maximum atomic E-state index is 11.9. The van der Waals surface area contributed by atoms with Gasteiger partial charge in [-0.15, -0.1) is 0 Å². The minimum Gasteiger partial charge on any atom is -0.350 e. The number of piperidine rings is 1. The number of hydrogen-bond donors (Lipinski definition) is 2. The molecule has 0 spiro atoms. The van der Waals surface area contributed by atoms with Gasteiger partial charge in [0.15, 0.2) is 0 Å². The van der Waals surface area contributed by atoms with Crippen LogP contribution in [0.4, 0.5) is 0 Å². The van der Waals surface area contributed by atoms with Crippen molar-refractivity contribution in [1.29, 1.82) is 0 Å². The van der Waals surface area contributed by atoms with Crippen molar-refractivity contribution < 1.29 is 4.79 Å². The molecule has 0 aromatic carbocycles. The highest BCUT2D eigenvalue weighted by molar-refractivity contribution is 5.92. The summed E-state index contributed by atoms with van der Waals surface area (Å²) < 4.78 is 1.93. The number of carbonyl (C=O) groups excluding carboxylic acids is 1. The van der Waals surface area contributed by atoms with Crippen molar-refractivity contribution in [2.45, 2.75) is 31.7 Å². The van der Waals surface area contributed by atoms with E-state index in [0.717, 1.165) is 26.1 Å². The van der Waals surface area contributed by atoms with Gasteiger partial charge in [0, 0.05) is 19.3 Å². The minimum atomic E-state index is -0.0376. The van der Waals surface area contributed by atoms with Crippen LogP contribution >= 0.6 is 0 Å². The van der Waals surface area contributed by atoms with Crippen molar-refractivity contribution in [1.82, 2.24) is 20.4 Å². The van der Waals surface area contributed by atoms with E-state index in [-0.39, 0.29) is 5.91 Å². The van der Waals surface area contributed by atoms with E-state index in [9.17, 15) is 4.79 Å². The fourth-order valence-electron chi connectivity index (χ4n) is 2.37. The lowest BCUT2D eigenvalue weighted by molar-refractivity contribution is 0.0945. The van der Waals surface area contributed by atoms with Gasteiger partial charge in [0.1, 0.15) is 5.69 Å². The molecule has 98 valence electrons. The predicted octanol–water partition coefficient (Wildman–Crippen LogP) is 0.947. The summed E-state index contributed by atoms with van der Waals surface area (Å²) in [5, 5.41) is 10.7. The molecule has 1 aliphatic heterocycles. The molecule has 1 unspecified atom stereocenters. The molecule has 2 fully saturated rings. The lowest BCUT2D eigenvalue weighted by Gasteiger charge is -2.22. The first kappa shape index (κ1) is 11.7. The molecule has 1 aromatic heterocycles. The van der Waals surface area contributed by atoms with Gasteiger partial charge in [0.2, 0.25) is 0 Å². The van der Waals surface area contributed by atoms with E-state index in [1.54, 1.807) is 0 Å². The van der Waals surface area contributed by atoms with Crippen LogP contribution in [0.5, 0.6) is 0 Å². The predicted molar refractivity (Wildman–Crippen MR) is 68.4 cm³/mol. The summed E-state index contributed by atoms with van der Waals surface area (Å²) in [5.74, 6) is 0.669. The van der Waals surface area contributed by atoms with Crippen molar-refractivity contribution in [3.8, 4) is 0 Å². The van der Waals surface area contributed by atoms with E-state index in [1.165, 1.54) is 19.3 Å². The van der Waals surface area contributed by atoms with Crippen molar-refractivity contribution >= 4 is 5.91 Å². The molecule has 5 heteroatoms. The zero-order valence-corrected chi connectivity index (χ0v) is 10.6. The molecule has 1 aliphatic carbocycles. The normalized spacial score (nSPS) is 23.9. The fourth-order valence-corrected chi connectivity index (χ4v) is 2.37.